The summed E-state index contributed by atoms with van der Waals surface area (Å²) in [6, 6.07) is -0.144. The SMILES string of the molecule is CSCC[C@@H](N)C(=O)N1CCC(NC(=O)C2CC2)CC1. The summed E-state index contributed by atoms with van der Waals surface area (Å²) in [4.78, 5) is 25.7. The van der Waals surface area contributed by atoms with Crippen molar-refractivity contribution in [2.24, 2.45) is 11.7 Å². The van der Waals surface area contributed by atoms with E-state index in [2.05, 4.69) is 5.32 Å². The fourth-order valence-corrected chi connectivity index (χ4v) is 3.00. The van der Waals surface area contributed by atoms with Gasteiger partial charge in [-0.1, -0.05) is 0 Å². The van der Waals surface area contributed by atoms with Gasteiger partial charge in [-0.05, 0) is 44.1 Å². The number of thioether (sulfide) groups is 1. The smallest absolute Gasteiger partial charge is 0.239 e. The molecule has 1 heterocycles. The molecule has 6 heteroatoms. The average molecular weight is 299 g/mol. The van der Waals surface area contributed by atoms with Crippen molar-refractivity contribution in [3.05, 3.63) is 0 Å². The van der Waals surface area contributed by atoms with Gasteiger partial charge in [-0.25, -0.2) is 0 Å². The molecule has 0 spiro atoms. The zero-order valence-corrected chi connectivity index (χ0v) is 13.0. The van der Waals surface area contributed by atoms with Gasteiger partial charge in [0.1, 0.15) is 0 Å². The largest absolute Gasteiger partial charge is 0.353 e. The van der Waals surface area contributed by atoms with E-state index in [-0.39, 0.29) is 29.8 Å². The maximum atomic E-state index is 12.2. The van der Waals surface area contributed by atoms with Crippen molar-refractivity contribution in [1.82, 2.24) is 10.2 Å². The van der Waals surface area contributed by atoms with Crippen LogP contribution in [0, 0.1) is 5.92 Å². The predicted octanol–water partition coefficient (Wildman–Crippen LogP) is 0.584. The number of nitrogens with zero attached hydrogens (tertiary/aromatic N) is 1. The summed E-state index contributed by atoms with van der Waals surface area (Å²) >= 11 is 1.71. The second-order valence-electron chi connectivity index (χ2n) is 5.77. The molecule has 1 atom stereocenters. The third-order valence-corrected chi connectivity index (χ3v) is 4.70. The van der Waals surface area contributed by atoms with Crippen molar-refractivity contribution in [3.63, 3.8) is 0 Å². The van der Waals surface area contributed by atoms with Crippen LogP contribution >= 0.6 is 11.8 Å². The van der Waals surface area contributed by atoms with Gasteiger partial charge in [0.2, 0.25) is 11.8 Å². The normalized spacial score (nSPS) is 21.6. The summed E-state index contributed by atoms with van der Waals surface area (Å²) in [5.74, 6) is 1.44. The van der Waals surface area contributed by atoms with Gasteiger partial charge in [-0.2, -0.15) is 11.8 Å². The molecule has 5 nitrogen and oxygen atoms in total. The van der Waals surface area contributed by atoms with Crippen molar-refractivity contribution in [3.8, 4) is 0 Å². The molecule has 2 fully saturated rings. The van der Waals surface area contributed by atoms with Gasteiger partial charge in [-0.15, -0.1) is 0 Å². The zero-order valence-electron chi connectivity index (χ0n) is 12.1. The molecule has 0 aromatic carbocycles. The summed E-state index contributed by atoms with van der Waals surface area (Å²) in [7, 11) is 0. The first-order valence-electron chi connectivity index (χ1n) is 7.45. The van der Waals surface area contributed by atoms with E-state index in [9.17, 15) is 9.59 Å². The third-order valence-electron chi connectivity index (χ3n) is 4.05. The number of nitrogens with one attached hydrogen (secondary N) is 1. The summed E-state index contributed by atoms with van der Waals surface area (Å²) in [5.41, 5.74) is 5.92. The molecule has 2 rings (SSSR count). The fraction of sp³-hybridized carbons (Fsp3) is 0.857. The van der Waals surface area contributed by atoms with Crippen LogP contribution < -0.4 is 11.1 Å². The van der Waals surface area contributed by atoms with E-state index < -0.39 is 0 Å². The number of rotatable bonds is 6. The Balaban J connectivity index is 1.70. The molecule has 20 heavy (non-hydrogen) atoms. The van der Waals surface area contributed by atoms with Crippen molar-refractivity contribution in [2.75, 3.05) is 25.1 Å². The molecule has 0 radical (unpaired) electrons. The third kappa shape index (κ3) is 4.38. The minimum atomic E-state index is -0.375. The first-order chi connectivity index (χ1) is 9.61. The molecule has 2 amide bonds. The van der Waals surface area contributed by atoms with Gasteiger partial charge >= 0.3 is 0 Å². The summed E-state index contributed by atoms with van der Waals surface area (Å²) < 4.78 is 0. The van der Waals surface area contributed by atoms with Crippen LogP contribution in [0.4, 0.5) is 0 Å². The van der Waals surface area contributed by atoms with Gasteiger partial charge in [-0.3, -0.25) is 9.59 Å². The van der Waals surface area contributed by atoms with Crippen LogP contribution in [0.5, 0.6) is 0 Å². The summed E-state index contributed by atoms with van der Waals surface area (Å²) in [6.45, 7) is 1.42. The lowest BCUT2D eigenvalue weighted by Gasteiger charge is -2.33. The van der Waals surface area contributed by atoms with E-state index in [4.69, 9.17) is 5.73 Å². The molecule has 0 unspecified atom stereocenters. The highest BCUT2D eigenvalue weighted by Crippen LogP contribution is 2.29. The Hall–Kier alpha value is -0.750. The van der Waals surface area contributed by atoms with E-state index in [0.717, 1.165) is 37.9 Å². The second kappa shape index (κ2) is 7.31. The van der Waals surface area contributed by atoms with E-state index >= 15 is 0 Å². The number of nitrogens with two attached hydrogens (primary N) is 1. The molecule has 1 aliphatic heterocycles. The van der Waals surface area contributed by atoms with Crippen LogP contribution in [0.25, 0.3) is 0 Å². The predicted molar refractivity (Wildman–Crippen MR) is 81.4 cm³/mol. The van der Waals surface area contributed by atoms with Gasteiger partial charge in [0.05, 0.1) is 6.04 Å². The quantitative estimate of drug-likeness (QED) is 0.752. The maximum absolute atomic E-state index is 12.2. The van der Waals surface area contributed by atoms with Crippen molar-refractivity contribution in [1.29, 1.82) is 0 Å². The first kappa shape index (κ1) is 15.6. The zero-order chi connectivity index (χ0) is 14.5. The maximum Gasteiger partial charge on any atom is 0.239 e. The van der Waals surface area contributed by atoms with Crippen LogP contribution in [0.3, 0.4) is 0 Å². The van der Waals surface area contributed by atoms with Crippen LogP contribution in [-0.4, -0.2) is 53.9 Å². The topological polar surface area (TPSA) is 75.4 Å². The number of carbonyl (C=O) groups is 2. The van der Waals surface area contributed by atoms with E-state index in [1.165, 1.54) is 0 Å². The lowest BCUT2D eigenvalue weighted by Crippen LogP contribution is -2.51. The van der Waals surface area contributed by atoms with Gasteiger partial charge < -0.3 is 16.0 Å². The van der Waals surface area contributed by atoms with E-state index in [1.54, 1.807) is 11.8 Å². The van der Waals surface area contributed by atoms with Gasteiger partial charge in [0.15, 0.2) is 0 Å². The Morgan fingerprint density at radius 3 is 2.50 bits per heavy atom. The molecule has 2 aliphatic rings. The molecule has 114 valence electrons. The number of amides is 2. The van der Waals surface area contributed by atoms with Crippen molar-refractivity contribution >= 4 is 23.6 Å². The standard InChI is InChI=1S/C14H25N3O2S/c1-20-9-6-12(15)14(19)17-7-4-11(5-8-17)16-13(18)10-2-3-10/h10-12H,2-9,15H2,1H3,(H,16,18)/t12-/m1/s1. The minimum Gasteiger partial charge on any atom is -0.353 e. The number of carbonyl (C=O) groups excluding carboxylic acids is 2. The average Bonchev–Trinajstić information content (AvgIpc) is 3.29. The van der Waals surface area contributed by atoms with Gasteiger partial charge in [0.25, 0.3) is 0 Å². The number of hydrogen-bond acceptors (Lipinski definition) is 4. The Morgan fingerprint density at radius 2 is 1.95 bits per heavy atom. The van der Waals surface area contributed by atoms with Crippen LogP contribution in [0.15, 0.2) is 0 Å². The van der Waals surface area contributed by atoms with Gasteiger partial charge in [0, 0.05) is 25.0 Å². The first-order valence-corrected chi connectivity index (χ1v) is 8.85. The Labute approximate surface area is 125 Å². The Bertz CT molecular complexity index is 352. The summed E-state index contributed by atoms with van der Waals surface area (Å²) in [6.07, 6.45) is 6.52. The molecular weight excluding hydrogens is 274 g/mol. The van der Waals surface area contributed by atoms with E-state index in [0.29, 0.717) is 13.1 Å². The molecule has 3 N–H and O–H groups in total. The number of likely N-dealkylation sites (tertiary alicyclic amines) is 1. The Morgan fingerprint density at radius 1 is 1.30 bits per heavy atom. The van der Waals surface area contributed by atoms with E-state index in [1.807, 2.05) is 11.2 Å². The molecule has 0 aromatic heterocycles. The summed E-state index contributed by atoms with van der Waals surface area (Å²) in [5, 5.41) is 3.09. The second-order valence-corrected chi connectivity index (χ2v) is 6.76. The molecule has 1 saturated heterocycles. The fourth-order valence-electron chi connectivity index (χ4n) is 2.51. The lowest BCUT2D eigenvalue weighted by atomic mass is 10.0. The molecule has 0 aromatic rings. The monoisotopic (exact) mass is 299 g/mol. The molecule has 0 bridgehead atoms. The Kier molecular flexibility index (Phi) is 5.72. The van der Waals surface area contributed by atoms with Crippen LogP contribution in [0.2, 0.25) is 0 Å². The van der Waals surface area contributed by atoms with Crippen LogP contribution in [0.1, 0.15) is 32.1 Å². The highest BCUT2D eigenvalue weighted by Gasteiger charge is 2.32. The minimum absolute atomic E-state index is 0.0611. The number of hydrogen-bond donors (Lipinski definition) is 2. The highest BCUT2D eigenvalue weighted by atomic mass is 32.2. The highest BCUT2D eigenvalue weighted by molar-refractivity contribution is 7.98. The molecular formula is C14H25N3O2S. The molecule has 1 saturated carbocycles. The van der Waals surface area contributed by atoms with Crippen LogP contribution in [-0.2, 0) is 9.59 Å². The molecule has 1 aliphatic carbocycles. The van der Waals surface area contributed by atoms with Crippen molar-refractivity contribution < 1.29 is 9.59 Å². The van der Waals surface area contributed by atoms with Crippen molar-refractivity contribution in [2.45, 2.75) is 44.2 Å². The lowest BCUT2D eigenvalue weighted by molar-refractivity contribution is -0.133. The number of piperidine rings is 1.